The highest BCUT2D eigenvalue weighted by atomic mass is 16.5. The zero-order valence-corrected chi connectivity index (χ0v) is 18.6. The molecule has 6 heteroatoms. The molecule has 0 aliphatic carbocycles. The van der Waals surface area contributed by atoms with Gasteiger partial charge in [0.05, 0.1) is 26.9 Å². The first-order chi connectivity index (χ1) is 16.0. The van der Waals surface area contributed by atoms with Gasteiger partial charge in [0, 0.05) is 11.6 Å². The third kappa shape index (κ3) is 6.31. The van der Waals surface area contributed by atoms with Crippen molar-refractivity contribution < 1.29 is 28.8 Å². The molecule has 0 aromatic heterocycles. The second kappa shape index (κ2) is 11.3. The monoisotopic (exact) mass is 444 g/mol. The highest BCUT2D eigenvalue weighted by Crippen LogP contribution is 2.32. The molecular formula is C27H24O6. The molecule has 3 aromatic carbocycles. The number of phenolic OH excluding ortho intramolecular Hbond substituents is 1. The van der Waals surface area contributed by atoms with Gasteiger partial charge in [0.2, 0.25) is 0 Å². The van der Waals surface area contributed by atoms with Crippen molar-refractivity contribution in [3.05, 3.63) is 89.0 Å². The average molecular weight is 444 g/mol. The van der Waals surface area contributed by atoms with Crippen molar-refractivity contribution in [1.82, 2.24) is 0 Å². The van der Waals surface area contributed by atoms with Crippen LogP contribution in [0.3, 0.4) is 0 Å². The largest absolute Gasteiger partial charge is 0.503 e. The minimum Gasteiger partial charge on any atom is -0.503 e. The predicted molar refractivity (Wildman–Crippen MR) is 125 cm³/mol. The van der Waals surface area contributed by atoms with Crippen LogP contribution < -0.4 is 14.2 Å². The van der Waals surface area contributed by atoms with E-state index in [4.69, 9.17) is 14.2 Å². The fourth-order valence-corrected chi connectivity index (χ4v) is 2.95. The van der Waals surface area contributed by atoms with E-state index in [1.54, 1.807) is 37.5 Å². The molecule has 0 bridgehead atoms. The molecule has 0 amide bonds. The molecule has 0 radical (unpaired) electrons. The lowest BCUT2D eigenvalue weighted by molar-refractivity contribution is -0.134. The van der Waals surface area contributed by atoms with Crippen LogP contribution in [0.25, 0.3) is 6.08 Å². The molecule has 0 saturated carbocycles. The Morgan fingerprint density at radius 1 is 0.909 bits per heavy atom. The van der Waals surface area contributed by atoms with Crippen molar-refractivity contribution in [2.75, 3.05) is 21.3 Å². The van der Waals surface area contributed by atoms with Gasteiger partial charge < -0.3 is 24.1 Å². The van der Waals surface area contributed by atoms with Gasteiger partial charge in [0.1, 0.15) is 6.61 Å². The topological polar surface area (TPSA) is 74.2 Å². The number of ether oxygens (including phenoxy) is 4. The zero-order chi connectivity index (χ0) is 23.6. The molecule has 6 nitrogen and oxygen atoms in total. The van der Waals surface area contributed by atoms with Crippen molar-refractivity contribution in [2.24, 2.45) is 0 Å². The van der Waals surface area contributed by atoms with Gasteiger partial charge in [-0.25, -0.2) is 4.79 Å². The summed E-state index contributed by atoms with van der Waals surface area (Å²) in [6.07, 6.45) is 2.84. The maximum atomic E-state index is 11.4. The second-order valence-corrected chi connectivity index (χ2v) is 6.87. The van der Waals surface area contributed by atoms with Crippen molar-refractivity contribution >= 4 is 12.0 Å². The van der Waals surface area contributed by atoms with Crippen molar-refractivity contribution in [3.63, 3.8) is 0 Å². The Bertz CT molecular complexity index is 1200. The number of hydrogen-bond donors (Lipinski definition) is 1. The number of methoxy groups -OCH3 is 3. The fraction of sp³-hybridized carbons (Fsp3) is 0.148. The molecule has 0 unspecified atom stereocenters. The van der Waals surface area contributed by atoms with E-state index in [9.17, 15) is 9.90 Å². The van der Waals surface area contributed by atoms with Crippen LogP contribution in [0.5, 0.6) is 23.0 Å². The average Bonchev–Trinajstić information content (AvgIpc) is 2.86. The van der Waals surface area contributed by atoms with Gasteiger partial charge in [-0.15, -0.1) is 0 Å². The third-order valence-electron chi connectivity index (χ3n) is 4.67. The summed E-state index contributed by atoms with van der Waals surface area (Å²) in [5.41, 5.74) is 2.70. The molecule has 3 rings (SSSR count). The smallest absolute Gasteiger partial charge is 0.330 e. The van der Waals surface area contributed by atoms with Gasteiger partial charge in [-0.3, -0.25) is 0 Å². The first-order valence-corrected chi connectivity index (χ1v) is 10.1. The molecule has 0 aliphatic heterocycles. The van der Waals surface area contributed by atoms with Crippen LogP contribution in [0.2, 0.25) is 0 Å². The Hall–Kier alpha value is -4.37. The van der Waals surface area contributed by atoms with Gasteiger partial charge in [-0.2, -0.15) is 0 Å². The molecule has 1 N–H and O–H groups in total. The zero-order valence-electron chi connectivity index (χ0n) is 18.6. The second-order valence-electron chi connectivity index (χ2n) is 6.87. The molecule has 0 aliphatic rings. The molecule has 0 fully saturated rings. The van der Waals surface area contributed by atoms with Crippen molar-refractivity contribution in [1.29, 1.82) is 0 Å². The lowest BCUT2D eigenvalue weighted by atomic mass is 10.1. The summed E-state index contributed by atoms with van der Waals surface area (Å²) in [6, 6.07) is 18.5. The van der Waals surface area contributed by atoms with E-state index in [2.05, 4.69) is 16.6 Å². The van der Waals surface area contributed by atoms with Crippen LogP contribution in [-0.2, 0) is 16.1 Å². The first kappa shape index (κ1) is 23.3. The summed E-state index contributed by atoms with van der Waals surface area (Å²) < 4.78 is 21.2. The molecule has 0 spiro atoms. The standard InChI is InChI=1S/C27H24O6/c1-30-24-16-19(10-13-23(24)33-18-20-7-5-4-6-8-20)9-12-22-15-21(11-14-26(28)32-3)17-25(31-2)27(22)29/h4-8,10-11,13-17,29H,18H2,1-3H3/b14-11+. The van der Waals surface area contributed by atoms with Crippen LogP contribution in [0.4, 0.5) is 0 Å². The summed E-state index contributed by atoms with van der Waals surface area (Å²) in [4.78, 5) is 11.4. The Kier molecular flexibility index (Phi) is 7.98. The quantitative estimate of drug-likeness (QED) is 0.327. The van der Waals surface area contributed by atoms with Crippen LogP contribution in [-0.4, -0.2) is 32.4 Å². The van der Waals surface area contributed by atoms with Gasteiger partial charge in [0.15, 0.2) is 23.0 Å². The minimum absolute atomic E-state index is 0.0880. The Balaban J connectivity index is 1.85. The summed E-state index contributed by atoms with van der Waals surface area (Å²) in [7, 11) is 4.31. The molecule has 0 saturated heterocycles. The molecule has 0 heterocycles. The van der Waals surface area contributed by atoms with E-state index < -0.39 is 5.97 Å². The van der Waals surface area contributed by atoms with E-state index in [0.29, 0.717) is 34.8 Å². The number of phenols is 1. The third-order valence-corrected chi connectivity index (χ3v) is 4.67. The van der Waals surface area contributed by atoms with E-state index in [0.717, 1.165) is 5.56 Å². The number of hydrogen-bond acceptors (Lipinski definition) is 6. The summed E-state index contributed by atoms with van der Waals surface area (Å²) in [5, 5.41) is 10.5. The summed E-state index contributed by atoms with van der Waals surface area (Å²) in [6.45, 7) is 0.418. The van der Waals surface area contributed by atoms with Gasteiger partial charge in [-0.05, 0) is 47.5 Å². The highest BCUT2D eigenvalue weighted by Gasteiger charge is 2.09. The van der Waals surface area contributed by atoms with Crippen LogP contribution in [0.1, 0.15) is 22.3 Å². The van der Waals surface area contributed by atoms with E-state index >= 15 is 0 Å². The summed E-state index contributed by atoms with van der Waals surface area (Å²) in [5.74, 6) is 6.78. The van der Waals surface area contributed by atoms with E-state index in [1.165, 1.54) is 20.3 Å². The molecule has 168 valence electrons. The normalized spacial score (nSPS) is 10.3. The highest BCUT2D eigenvalue weighted by molar-refractivity contribution is 5.87. The Labute approximate surface area is 193 Å². The lowest BCUT2D eigenvalue weighted by Crippen LogP contribution is -1.97. The molecule has 0 atom stereocenters. The Morgan fingerprint density at radius 2 is 1.67 bits per heavy atom. The number of carbonyl (C=O) groups is 1. The van der Waals surface area contributed by atoms with Crippen LogP contribution in [0, 0.1) is 11.8 Å². The molecule has 33 heavy (non-hydrogen) atoms. The van der Waals surface area contributed by atoms with E-state index in [-0.39, 0.29) is 11.5 Å². The maximum absolute atomic E-state index is 11.4. The fourth-order valence-electron chi connectivity index (χ4n) is 2.95. The number of esters is 1. The molecular weight excluding hydrogens is 420 g/mol. The van der Waals surface area contributed by atoms with Gasteiger partial charge >= 0.3 is 5.97 Å². The number of carbonyl (C=O) groups excluding carboxylic acids is 1. The van der Waals surface area contributed by atoms with Crippen molar-refractivity contribution in [3.8, 4) is 34.8 Å². The molecule has 3 aromatic rings. The minimum atomic E-state index is -0.489. The van der Waals surface area contributed by atoms with E-state index in [1.807, 2.05) is 36.4 Å². The SMILES string of the molecule is COC(=O)/C=C/c1cc(C#Cc2ccc(OCc3ccccc3)c(OC)c2)c(O)c(OC)c1. The Morgan fingerprint density at radius 3 is 2.36 bits per heavy atom. The van der Waals surface area contributed by atoms with Crippen LogP contribution >= 0.6 is 0 Å². The van der Waals surface area contributed by atoms with Crippen LogP contribution in [0.15, 0.2) is 66.7 Å². The number of benzene rings is 3. The van der Waals surface area contributed by atoms with Crippen molar-refractivity contribution in [2.45, 2.75) is 6.61 Å². The first-order valence-electron chi connectivity index (χ1n) is 10.1. The number of aromatic hydroxyl groups is 1. The number of rotatable bonds is 7. The van der Waals surface area contributed by atoms with Gasteiger partial charge in [0.25, 0.3) is 0 Å². The predicted octanol–water partition coefficient (Wildman–Crippen LogP) is 4.57. The summed E-state index contributed by atoms with van der Waals surface area (Å²) >= 11 is 0. The van der Waals surface area contributed by atoms with Gasteiger partial charge in [-0.1, -0.05) is 42.2 Å². The maximum Gasteiger partial charge on any atom is 0.330 e. The lowest BCUT2D eigenvalue weighted by Gasteiger charge is -2.11.